The van der Waals surface area contributed by atoms with Crippen molar-refractivity contribution in [1.82, 2.24) is 0 Å². The molecule has 2 aromatic rings. The van der Waals surface area contributed by atoms with Gasteiger partial charge in [0.1, 0.15) is 0 Å². The molecule has 0 heterocycles. The number of amides is 1. The Hall–Kier alpha value is -3.06. The normalized spacial score (nSPS) is 9.20. The van der Waals surface area contributed by atoms with E-state index in [0.717, 1.165) is 5.56 Å². The van der Waals surface area contributed by atoms with Crippen molar-refractivity contribution in [3.63, 3.8) is 0 Å². The summed E-state index contributed by atoms with van der Waals surface area (Å²) < 4.78 is 0. The van der Waals surface area contributed by atoms with Crippen molar-refractivity contribution < 1.29 is 14.7 Å². The molecular weight excluding hydrogens is 254 g/mol. The number of benzene rings is 2. The van der Waals surface area contributed by atoms with Crippen LogP contribution < -0.4 is 5.32 Å². The first-order chi connectivity index (χ1) is 9.65. The summed E-state index contributed by atoms with van der Waals surface area (Å²) >= 11 is 0. The Morgan fingerprint density at radius 3 is 2.25 bits per heavy atom. The zero-order valence-electron chi connectivity index (χ0n) is 10.5. The monoisotopic (exact) mass is 265 g/mol. The molecule has 0 spiro atoms. The maximum atomic E-state index is 11.1. The minimum Gasteiger partial charge on any atom is -0.474 e. The number of carboxylic acids is 1. The Kier molecular flexibility index (Phi) is 4.15. The largest absolute Gasteiger partial charge is 0.474 e. The van der Waals surface area contributed by atoms with E-state index in [1.807, 2.05) is 30.3 Å². The molecule has 0 atom stereocenters. The number of nitrogens with one attached hydrogen (secondary N) is 1. The van der Waals surface area contributed by atoms with E-state index < -0.39 is 11.9 Å². The quantitative estimate of drug-likeness (QED) is 0.613. The second-order valence-electron chi connectivity index (χ2n) is 3.96. The maximum absolute atomic E-state index is 11.1. The Balaban J connectivity index is 2.17. The number of aliphatic carboxylic acids is 1. The molecule has 0 saturated carbocycles. The Labute approximate surface area is 116 Å². The fraction of sp³-hybridized carbons (Fsp3) is 0. The Morgan fingerprint density at radius 2 is 1.55 bits per heavy atom. The average molecular weight is 265 g/mol. The van der Waals surface area contributed by atoms with Crippen LogP contribution in [0.5, 0.6) is 0 Å². The standard InChI is InChI=1S/C16H11NO3/c18-15(16(19)20)17-14-8-4-7-13(11-14)10-9-12-5-2-1-3-6-12/h1-8,11H,(H,17,18)(H,19,20). The number of anilines is 1. The van der Waals surface area contributed by atoms with Crippen molar-refractivity contribution in [1.29, 1.82) is 0 Å². The maximum Gasteiger partial charge on any atom is 0.394 e. The van der Waals surface area contributed by atoms with E-state index in [9.17, 15) is 9.59 Å². The van der Waals surface area contributed by atoms with Gasteiger partial charge >= 0.3 is 11.9 Å². The summed E-state index contributed by atoms with van der Waals surface area (Å²) in [4.78, 5) is 21.5. The predicted octanol–water partition coefficient (Wildman–Crippen LogP) is 2.11. The molecule has 4 heteroatoms. The number of carboxylic acid groups (broad SMARTS) is 1. The van der Waals surface area contributed by atoms with E-state index in [1.165, 1.54) is 0 Å². The molecule has 4 nitrogen and oxygen atoms in total. The van der Waals surface area contributed by atoms with Crippen molar-refractivity contribution >= 4 is 17.6 Å². The first kappa shape index (κ1) is 13.4. The molecule has 2 N–H and O–H groups in total. The van der Waals surface area contributed by atoms with E-state index in [1.54, 1.807) is 24.3 Å². The van der Waals surface area contributed by atoms with E-state index in [0.29, 0.717) is 11.3 Å². The number of hydrogen-bond donors (Lipinski definition) is 2. The van der Waals surface area contributed by atoms with Crippen molar-refractivity contribution in [2.24, 2.45) is 0 Å². The van der Waals surface area contributed by atoms with Gasteiger partial charge in [-0.15, -0.1) is 0 Å². The number of carbonyl (C=O) groups is 2. The molecule has 0 saturated heterocycles. The minimum atomic E-state index is -1.52. The fourth-order valence-electron chi connectivity index (χ4n) is 1.53. The van der Waals surface area contributed by atoms with Crippen LogP contribution >= 0.6 is 0 Å². The highest BCUT2D eigenvalue weighted by molar-refractivity contribution is 6.36. The average Bonchev–Trinajstić information content (AvgIpc) is 2.46. The number of hydrogen-bond acceptors (Lipinski definition) is 2. The SMILES string of the molecule is O=C(O)C(=O)Nc1cccc(C#Cc2ccccc2)c1. The molecule has 1 amide bonds. The van der Waals surface area contributed by atoms with Gasteiger partial charge in [-0.25, -0.2) is 4.79 Å². The molecule has 2 aromatic carbocycles. The van der Waals surface area contributed by atoms with E-state index in [2.05, 4.69) is 17.2 Å². The van der Waals surface area contributed by atoms with E-state index in [4.69, 9.17) is 5.11 Å². The molecule has 0 unspecified atom stereocenters. The van der Waals surface area contributed by atoms with Gasteiger partial charge in [-0.05, 0) is 30.3 Å². The lowest BCUT2D eigenvalue weighted by Crippen LogP contribution is -2.21. The fourth-order valence-corrected chi connectivity index (χ4v) is 1.53. The van der Waals surface area contributed by atoms with Gasteiger partial charge in [-0.1, -0.05) is 36.1 Å². The zero-order valence-corrected chi connectivity index (χ0v) is 10.5. The first-order valence-electron chi connectivity index (χ1n) is 5.86. The van der Waals surface area contributed by atoms with Gasteiger partial charge in [-0.2, -0.15) is 0 Å². The molecule has 0 bridgehead atoms. The summed E-state index contributed by atoms with van der Waals surface area (Å²) in [6.07, 6.45) is 0. The highest BCUT2D eigenvalue weighted by Gasteiger charge is 2.10. The van der Waals surface area contributed by atoms with Crippen LogP contribution in [0.2, 0.25) is 0 Å². The van der Waals surface area contributed by atoms with Gasteiger partial charge in [0.05, 0.1) is 0 Å². The second-order valence-corrected chi connectivity index (χ2v) is 3.96. The molecule has 0 aliphatic carbocycles. The van der Waals surface area contributed by atoms with Gasteiger partial charge in [-0.3, -0.25) is 4.79 Å². The smallest absolute Gasteiger partial charge is 0.394 e. The molecule has 2 rings (SSSR count). The molecule has 0 radical (unpaired) electrons. The van der Waals surface area contributed by atoms with Crippen molar-refractivity contribution in [2.75, 3.05) is 5.32 Å². The van der Waals surface area contributed by atoms with Crippen LogP contribution in [-0.2, 0) is 9.59 Å². The first-order valence-corrected chi connectivity index (χ1v) is 5.86. The number of carbonyl (C=O) groups excluding carboxylic acids is 1. The van der Waals surface area contributed by atoms with Gasteiger partial charge < -0.3 is 10.4 Å². The van der Waals surface area contributed by atoms with Crippen LogP contribution in [0.25, 0.3) is 0 Å². The topological polar surface area (TPSA) is 66.4 Å². The molecule has 20 heavy (non-hydrogen) atoms. The highest BCUT2D eigenvalue weighted by Crippen LogP contribution is 2.10. The van der Waals surface area contributed by atoms with Crippen molar-refractivity contribution in [3.05, 3.63) is 65.7 Å². The van der Waals surface area contributed by atoms with Crippen LogP contribution in [0.4, 0.5) is 5.69 Å². The van der Waals surface area contributed by atoms with Gasteiger partial charge in [0.15, 0.2) is 0 Å². The third-order valence-corrected chi connectivity index (χ3v) is 2.44. The lowest BCUT2D eigenvalue weighted by atomic mass is 10.1. The predicted molar refractivity (Wildman–Crippen MR) is 75.1 cm³/mol. The lowest BCUT2D eigenvalue weighted by molar-refractivity contribution is -0.147. The van der Waals surface area contributed by atoms with Gasteiger partial charge in [0.2, 0.25) is 0 Å². The van der Waals surface area contributed by atoms with Crippen LogP contribution in [-0.4, -0.2) is 17.0 Å². The highest BCUT2D eigenvalue weighted by atomic mass is 16.4. The van der Waals surface area contributed by atoms with Crippen LogP contribution in [0.3, 0.4) is 0 Å². The minimum absolute atomic E-state index is 0.400. The van der Waals surface area contributed by atoms with Gasteiger partial charge in [0, 0.05) is 16.8 Å². The summed E-state index contributed by atoms with van der Waals surface area (Å²) in [5.41, 5.74) is 1.97. The van der Waals surface area contributed by atoms with Crippen LogP contribution in [0.15, 0.2) is 54.6 Å². The van der Waals surface area contributed by atoms with Crippen molar-refractivity contribution in [3.8, 4) is 11.8 Å². The molecule has 0 aliphatic rings. The van der Waals surface area contributed by atoms with Crippen molar-refractivity contribution in [2.45, 2.75) is 0 Å². The van der Waals surface area contributed by atoms with E-state index in [-0.39, 0.29) is 0 Å². The van der Waals surface area contributed by atoms with E-state index >= 15 is 0 Å². The summed E-state index contributed by atoms with van der Waals surface area (Å²) in [5.74, 6) is 3.35. The molecule has 0 fully saturated rings. The summed E-state index contributed by atoms with van der Waals surface area (Å²) in [6, 6.07) is 16.2. The second kappa shape index (κ2) is 6.21. The Morgan fingerprint density at radius 1 is 0.900 bits per heavy atom. The van der Waals surface area contributed by atoms with Crippen LogP contribution in [0, 0.1) is 11.8 Å². The Bertz CT molecular complexity index is 696. The molecule has 0 aromatic heterocycles. The molecule has 98 valence electrons. The summed E-state index contributed by atoms with van der Waals surface area (Å²) in [6.45, 7) is 0. The van der Waals surface area contributed by atoms with Gasteiger partial charge in [0.25, 0.3) is 0 Å². The lowest BCUT2D eigenvalue weighted by Gasteiger charge is -2.01. The molecular formula is C16H11NO3. The zero-order chi connectivity index (χ0) is 14.4. The third-order valence-electron chi connectivity index (χ3n) is 2.44. The third kappa shape index (κ3) is 3.72. The number of rotatable bonds is 1. The summed E-state index contributed by atoms with van der Waals surface area (Å²) in [7, 11) is 0. The van der Waals surface area contributed by atoms with Crippen LogP contribution in [0.1, 0.15) is 11.1 Å². The summed E-state index contributed by atoms with van der Waals surface area (Å²) in [5, 5.41) is 10.8. The molecule has 0 aliphatic heterocycles.